The maximum atomic E-state index is 11.4. The Hall–Kier alpha value is -2.67. The summed E-state index contributed by atoms with van der Waals surface area (Å²) in [4.78, 5) is 15.8. The van der Waals surface area contributed by atoms with Gasteiger partial charge in [-0.2, -0.15) is 5.26 Å². The Kier molecular flexibility index (Phi) is 3.81. The first-order valence-corrected chi connectivity index (χ1v) is 6.14. The fourth-order valence-corrected chi connectivity index (χ4v) is 2.07. The molecule has 0 aliphatic heterocycles. The Bertz CT molecular complexity index is 698. The standard InChI is InChI=1S/C16H14N2O2/c1-10-8-11(2)18-15(14(10)9-17)12-4-6-13(7-5-12)16(19)20-3/h4-8H,1-3H3. The Morgan fingerprint density at radius 3 is 2.45 bits per heavy atom. The zero-order chi connectivity index (χ0) is 14.7. The van der Waals surface area contributed by atoms with Crippen LogP contribution < -0.4 is 0 Å². The van der Waals surface area contributed by atoms with Crippen molar-refractivity contribution in [3.8, 4) is 17.3 Å². The van der Waals surface area contributed by atoms with Crippen molar-refractivity contribution in [2.45, 2.75) is 13.8 Å². The number of carbonyl (C=O) groups is 1. The molecule has 4 heteroatoms. The van der Waals surface area contributed by atoms with Crippen LogP contribution in [0.5, 0.6) is 0 Å². The summed E-state index contributed by atoms with van der Waals surface area (Å²) in [6.45, 7) is 3.78. The first kappa shape index (κ1) is 13.8. The minimum Gasteiger partial charge on any atom is -0.465 e. The van der Waals surface area contributed by atoms with Crippen LogP contribution >= 0.6 is 0 Å². The highest BCUT2D eigenvalue weighted by atomic mass is 16.5. The molecule has 0 amide bonds. The Morgan fingerprint density at radius 2 is 1.90 bits per heavy atom. The molecule has 0 unspecified atom stereocenters. The molecule has 1 aromatic carbocycles. The SMILES string of the molecule is COC(=O)c1ccc(-c2nc(C)cc(C)c2C#N)cc1. The highest BCUT2D eigenvalue weighted by molar-refractivity contribution is 5.90. The van der Waals surface area contributed by atoms with E-state index in [4.69, 9.17) is 0 Å². The number of nitriles is 1. The van der Waals surface area contributed by atoms with Gasteiger partial charge in [0.15, 0.2) is 0 Å². The molecule has 0 spiro atoms. The predicted molar refractivity (Wildman–Crippen MR) is 75.2 cm³/mol. The molecule has 0 saturated carbocycles. The van der Waals surface area contributed by atoms with Gasteiger partial charge in [-0.15, -0.1) is 0 Å². The van der Waals surface area contributed by atoms with Gasteiger partial charge in [0.1, 0.15) is 6.07 Å². The number of esters is 1. The van der Waals surface area contributed by atoms with E-state index in [1.165, 1.54) is 7.11 Å². The highest BCUT2D eigenvalue weighted by Gasteiger charge is 2.12. The highest BCUT2D eigenvalue weighted by Crippen LogP contribution is 2.24. The van der Waals surface area contributed by atoms with E-state index < -0.39 is 0 Å². The molecule has 4 nitrogen and oxygen atoms in total. The number of nitrogens with zero attached hydrogens (tertiary/aromatic N) is 2. The molecule has 100 valence electrons. The van der Waals surface area contributed by atoms with Crippen molar-refractivity contribution in [2.75, 3.05) is 7.11 Å². The lowest BCUT2D eigenvalue weighted by atomic mass is 10.0. The fourth-order valence-electron chi connectivity index (χ4n) is 2.07. The summed E-state index contributed by atoms with van der Waals surface area (Å²) < 4.78 is 4.66. The van der Waals surface area contributed by atoms with E-state index in [1.54, 1.807) is 24.3 Å². The second-order valence-electron chi connectivity index (χ2n) is 4.48. The van der Waals surface area contributed by atoms with E-state index in [0.717, 1.165) is 16.8 Å². The molecule has 1 heterocycles. The lowest BCUT2D eigenvalue weighted by molar-refractivity contribution is 0.0601. The van der Waals surface area contributed by atoms with Crippen molar-refractivity contribution in [2.24, 2.45) is 0 Å². The summed E-state index contributed by atoms with van der Waals surface area (Å²) in [7, 11) is 1.34. The number of hydrogen-bond donors (Lipinski definition) is 0. The van der Waals surface area contributed by atoms with E-state index in [1.807, 2.05) is 19.9 Å². The minimum atomic E-state index is -0.384. The van der Waals surface area contributed by atoms with Crippen molar-refractivity contribution < 1.29 is 9.53 Å². The lowest BCUT2D eigenvalue weighted by Gasteiger charge is -2.08. The number of hydrogen-bond acceptors (Lipinski definition) is 4. The molecule has 0 saturated heterocycles. The molecule has 0 fully saturated rings. The van der Waals surface area contributed by atoms with Crippen LogP contribution in [0.3, 0.4) is 0 Å². The van der Waals surface area contributed by atoms with Gasteiger partial charge in [-0.3, -0.25) is 4.98 Å². The second kappa shape index (κ2) is 5.54. The zero-order valence-electron chi connectivity index (χ0n) is 11.6. The average Bonchev–Trinajstić information content (AvgIpc) is 2.46. The van der Waals surface area contributed by atoms with Crippen LogP contribution in [0.25, 0.3) is 11.3 Å². The third-order valence-electron chi connectivity index (χ3n) is 3.04. The van der Waals surface area contributed by atoms with Gasteiger partial charge < -0.3 is 4.74 Å². The topological polar surface area (TPSA) is 63.0 Å². The molecule has 0 aliphatic carbocycles. The molecule has 0 N–H and O–H groups in total. The maximum Gasteiger partial charge on any atom is 0.337 e. The Morgan fingerprint density at radius 1 is 1.25 bits per heavy atom. The number of aromatic nitrogens is 1. The molecule has 2 aromatic rings. The number of rotatable bonds is 2. The van der Waals surface area contributed by atoms with Gasteiger partial charge >= 0.3 is 5.97 Å². The Labute approximate surface area is 117 Å². The average molecular weight is 266 g/mol. The summed E-state index contributed by atoms with van der Waals surface area (Å²) in [5, 5.41) is 9.27. The number of methoxy groups -OCH3 is 1. The normalized spacial score (nSPS) is 9.90. The third kappa shape index (κ3) is 2.52. The van der Waals surface area contributed by atoms with Crippen molar-refractivity contribution in [3.63, 3.8) is 0 Å². The molecule has 0 bridgehead atoms. The molecule has 20 heavy (non-hydrogen) atoms. The van der Waals surface area contributed by atoms with Crippen molar-refractivity contribution in [3.05, 3.63) is 52.7 Å². The van der Waals surface area contributed by atoms with Crippen molar-refractivity contribution >= 4 is 5.97 Å². The van der Waals surface area contributed by atoms with Crippen molar-refractivity contribution in [1.29, 1.82) is 5.26 Å². The first-order valence-electron chi connectivity index (χ1n) is 6.14. The second-order valence-corrected chi connectivity index (χ2v) is 4.48. The van der Waals surface area contributed by atoms with Crippen LogP contribution in [-0.4, -0.2) is 18.1 Å². The minimum absolute atomic E-state index is 0.384. The largest absolute Gasteiger partial charge is 0.465 e. The number of carbonyl (C=O) groups excluding carboxylic acids is 1. The van der Waals surface area contributed by atoms with Crippen molar-refractivity contribution in [1.82, 2.24) is 4.98 Å². The predicted octanol–water partition coefficient (Wildman–Crippen LogP) is 3.02. The van der Waals surface area contributed by atoms with E-state index in [2.05, 4.69) is 15.8 Å². The molecule has 0 atom stereocenters. The van der Waals surface area contributed by atoms with E-state index in [-0.39, 0.29) is 5.97 Å². The summed E-state index contributed by atoms with van der Waals surface area (Å²) >= 11 is 0. The summed E-state index contributed by atoms with van der Waals surface area (Å²) in [5.41, 5.74) is 4.23. The van der Waals surface area contributed by atoms with Crippen LogP contribution in [0.4, 0.5) is 0 Å². The first-order chi connectivity index (χ1) is 9.56. The monoisotopic (exact) mass is 266 g/mol. The van der Waals surface area contributed by atoms with Crippen LogP contribution in [-0.2, 0) is 4.74 Å². The van der Waals surface area contributed by atoms with Gasteiger partial charge in [0.25, 0.3) is 0 Å². The third-order valence-corrected chi connectivity index (χ3v) is 3.04. The molecule has 1 aromatic heterocycles. The quantitative estimate of drug-likeness (QED) is 0.784. The molecular formula is C16H14N2O2. The summed E-state index contributed by atoms with van der Waals surface area (Å²) in [5.74, 6) is -0.384. The van der Waals surface area contributed by atoms with Gasteiger partial charge in [-0.05, 0) is 37.6 Å². The van der Waals surface area contributed by atoms with Crippen LogP contribution in [0.1, 0.15) is 27.2 Å². The van der Waals surface area contributed by atoms with Crippen LogP contribution in [0, 0.1) is 25.2 Å². The summed E-state index contributed by atoms with van der Waals surface area (Å²) in [6, 6.07) is 10.9. The van der Waals surface area contributed by atoms with Gasteiger partial charge in [-0.1, -0.05) is 12.1 Å². The molecular weight excluding hydrogens is 252 g/mol. The zero-order valence-corrected chi connectivity index (χ0v) is 11.6. The number of ether oxygens (including phenoxy) is 1. The molecule has 0 aliphatic rings. The molecule has 2 rings (SSSR count). The number of aryl methyl sites for hydroxylation is 2. The molecule has 0 radical (unpaired) electrons. The van der Waals surface area contributed by atoms with Gasteiger partial charge in [0.05, 0.1) is 23.9 Å². The Balaban J connectivity index is 2.52. The number of pyridine rings is 1. The summed E-state index contributed by atoms with van der Waals surface area (Å²) in [6.07, 6.45) is 0. The number of benzene rings is 1. The van der Waals surface area contributed by atoms with E-state index in [9.17, 15) is 10.1 Å². The fraction of sp³-hybridized carbons (Fsp3) is 0.188. The van der Waals surface area contributed by atoms with Crippen LogP contribution in [0.15, 0.2) is 30.3 Å². The van der Waals surface area contributed by atoms with Crippen LogP contribution in [0.2, 0.25) is 0 Å². The van der Waals surface area contributed by atoms with E-state index in [0.29, 0.717) is 16.8 Å². The smallest absolute Gasteiger partial charge is 0.337 e. The maximum absolute atomic E-state index is 11.4. The lowest BCUT2D eigenvalue weighted by Crippen LogP contribution is -2.01. The van der Waals surface area contributed by atoms with Gasteiger partial charge in [-0.25, -0.2) is 4.79 Å². The van der Waals surface area contributed by atoms with Gasteiger partial charge in [0, 0.05) is 11.3 Å². The van der Waals surface area contributed by atoms with Gasteiger partial charge in [0.2, 0.25) is 0 Å². The van der Waals surface area contributed by atoms with E-state index >= 15 is 0 Å².